The van der Waals surface area contributed by atoms with Gasteiger partial charge in [0.25, 0.3) is 11.5 Å². The van der Waals surface area contributed by atoms with Crippen molar-refractivity contribution in [2.75, 3.05) is 44.2 Å². The standard InChI is InChI=1S/C45H48N5O19P3/c51-37-33(22-65-71(61,62)69-72(63,64)68-70(58,59)60)66-43(38(37)52)50-21-26(42(54)47-45(50)57)6-1-13-46-41(53)25-11-12-27(44(55)56)30(20-25)34-31-18-23-7-2-14-48-16-4-9-28(35(23)48)39(31)67-40-29-10-5-17-49-15-3-8-24(36(29)49)19-32(34)40/h1,6,11-12,18-21,33,37-38,43,51-52H,2-5,7-10,13-17,22H2,(H6-,46,47,53,54,55,56,57,58,59,60,61,62,63,64)/p+1/b6-1+/t33-,37-,38-,43-/m1/s1. The first-order valence-corrected chi connectivity index (χ1v) is 27.6. The topological polar surface area (TPSA) is 346 Å². The number of amides is 1. The number of aromatic carboxylic acids is 1. The number of ether oxygens (including phenoxy) is 2. The zero-order valence-corrected chi connectivity index (χ0v) is 40.7. The van der Waals surface area contributed by atoms with Gasteiger partial charge >= 0.3 is 35.1 Å². The van der Waals surface area contributed by atoms with Crippen LogP contribution in [-0.4, -0.2) is 114 Å². The number of phosphoric ester groups is 1. The molecule has 4 aromatic rings. The van der Waals surface area contributed by atoms with Gasteiger partial charge in [0.1, 0.15) is 42.9 Å². The van der Waals surface area contributed by atoms with Crippen molar-refractivity contribution in [1.82, 2.24) is 19.4 Å². The molecule has 0 aliphatic carbocycles. The predicted octanol–water partition coefficient (Wildman–Crippen LogP) is 1.08. The number of aromatic amines is 1. The van der Waals surface area contributed by atoms with Crippen LogP contribution >= 0.6 is 23.5 Å². The molecule has 6 atom stereocenters. The highest BCUT2D eigenvalue weighted by Gasteiger charge is 2.47. The number of benzene rings is 3. The minimum absolute atomic E-state index is 0.00470. The van der Waals surface area contributed by atoms with Crippen LogP contribution in [0.25, 0.3) is 11.6 Å². The van der Waals surface area contributed by atoms with E-state index in [2.05, 4.69) is 40.1 Å². The van der Waals surface area contributed by atoms with Crippen LogP contribution in [0.3, 0.4) is 0 Å². The maximum atomic E-state index is 14.0. The third-order valence-corrected chi connectivity index (χ3v) is 17.4. The van der Waals surface area contributed by atoms with Gasteiger partial charge in [0, 0.05) is 77.4 Å². The maximum absolute atomic E-state index is 14.0. The van der Waals surface area contributed by atoms with Crippen molar-refractivity contribution in [1.29, 1.82) is 0 Å². The third kappa shape index (κ3) is 9.64. The first-order valence-electron chi connectivity index (χ1n) is 23.1. The molecule has 9 N–H and O–H groups in total. The first-order chi connectivity index (χ1) is 34.2. The van der Waals surface area contributed by atoms with E-state index in [1.54, 1.807) is 6.07 Å². The van der Waals surface area contributed by atoms with E-state index < -0.39 is 77.7 Å². The Kier molecular flexibility index (Phi) is 13.3. The molecule has 1 saturated heterocycles. The van der Waals surface area contributed by atoms with Crippen LogP contribution in [0.2, 0.25) is 0 Å². The van der Waals surface area contributed by atoms with Crippen LogP contribution in [0.15, 0.2) is 52.2 Å². The van der Waals surface area contributed by atoms with Crippen molar-refractivity contribution in [3.8, 4) is 11.5 Å². The number of aliphatic hydroxyl groups excluding tert-OH is 2. The van der Waals surface area contributed by atoms with Crippen LogP contribution < -0.4 is 41.4 Å². The Morgan fingerprint density at radius 2 is 1.58 bits per heavy atom. The molecule has 6 aliphatic rings. The lowest BCUT2D eigenvalue weighted by Gasteiger charge is -2.39. The Balaban J connectivity index is 0.920. The summed E-state index contributed by atoms with van der Waals surface area (Å²) in [7, 11) is -17.2. The molecule has 1 fully saturated rings. The molecule has 0 spiro atoms. The molecule has 72 heavy (non-hydrogen) atoms. The van der Waals surface area contributed by atoms with Gasteiger partial charge in [-0.1, -0.05) is 12.2 Å². The van der Waals surface area contributed by atoms with Gasteiger partial charge in [-0.3, -0.25) is 23.7 Å². The highest BCUT2D eigenvalue weighted by atomic mass is 31.3. The highest BCUT2D eigenvalue weighted by Crippen LogP contribution is 2.66. The molecule has 3 aromatic carbocycles. The van der Waals surface area contributed by atoms with E-state index in [0.717, 1.165) is 117 Å². The largest absolute Gasteiger partial charge is 0.490 e. The minimum Gasteiger partial charge on any atom is -0.478 e. The Morgan fingerprint density at radius 1 is 0.861 bits per heavy atom. The summed E-state index contributed by atoms with van der Waals surface area (Å²) in [4.78, 5) is 94.1. The second-order valence-corrected chi connectivity index (χ2v) is 22.6. The molecule has 24 nitrogen and oxygen atoms in total. The maximum Gasteiger partial charge on any atom is 0.490 e. The molecular weight excluding hydrogens is 1010 g/mol. The highest BCUT2D eigenvalue weighted by molar-refractivity contribution is 7.66. The van der Waals surface area contributed by atoms with Gasteiger partial charge in [-0.15, -0.1) is 0 Å². The number of hydrogen-bond acceptors (Lipinski definition) is 15. The molecule has 2 unspecified atom stereocenters. The zero-order chi connectivity index (χ0) is 51.0. The number of carboxylic acids is 1. The first kappa shape index (κ1) is 50.1. The quantitative estimate of drug-likeness (QED) is 0.0555. The number of carbonyl (C=O) groups excluding carboxylic acids is 1. The summed E-state index contributed by atoms with van der Waals surface area (Å²) in [6.07, 6.45) is 3.41. The summed E-state index contributed by atoms with van der Waals surface area (Å²) in [6.45, 7) is 2.47. The van der Waals surface area contributed by atoms with E-state index >= 15 is 0 Å². The normalized spacial score (nSPS) is 22.8. The van der Waals surface area contributed by atoms with Crippen LogP contribution in [0, 0.1) is 0 Å². The number of rotatable bonds is 14. The van der Waals surface area contributed by atoms with E-state index in [1.807, 2.05) is 4.98 Å². The smallest absolute Gasteiger partial charge is 0.478 e. The van der Waals surface area contributed by atoms with Crippen molar-refractivity contribution in [3.05, 3.63) is 124 Å². The number of fused-ring (bicyclic) bond motifs is 4. The van der Waals surface area contributed by atoms with Crippen LogP contribution in [0.1, 0.15) is 91.6 Å². The van der Waals surface area contributed by atoms with Gasteiger partial charge < -0.3 is 54.6 Å². The summed E-state index contributed by atoms with van der Waals surface area (Å²) in [5, 5.41) is 36.8. The molecule has 7 heterocycles. The molecule has 10 rings (SSSR count). The Hall–Kier alpha value is -5.42. The molecular formula is C45H49N5O19P3+. The predicted molar refractivity (Wildman–Crippen MR) is 252 cm³/mol. The summed E-state index contributed by atoms with van der Waals surface area (Å²) < 4.78 is 62.3. The minimum atomic E-state index is -5.87. The second kappa shape index (κ2) is 19.1. The van der Waals surface area contributed by atoms with Crippen molar-refractivity contribution in [2.45, 2.75) is 75.9 Å². The fraction of sp³-hybridized carbons (Fsp3) is 0.400. The second-order valence-electron chi connectivity index (χ2n) is 18.2. The van der Waals surface area contributed by atoms with Crippen LogP contribution in [-0.2, 0) is 57.3 Å². The van der Waals surface area contributed by atoms with Crippen LogP contribution in [0.5, 0.6) is 11.5 Å². The van der Waals surface area contributed by atoms with E-state index in [1.165, 1.54) is 46.5 Å². The molecule has 1 aromatic heterocycles. The molecule has 1 amide bonds. The molecule has 382 valence electrons. The lowest BCUT2D eigenvalue weighted by molar-refractivity contribution is -0.0542. The molecule has 6 aliphatic heterocycles. The van der Waals surface area contributed by atoms with Gasteiger partial charge in [0.05, 0.1) is 23.3 Å². The number of nitrogens with zero attached hydrogens (tertiary/aromatic N) is 3. The third-order valence-electron chi connectivity index (χ3n) is 13.6. The van der Waals surface area contributed by atoms with E-state index in [9.17, 15) is 58.0 Å². The van der Waals surface area contributed by atoms with Gasteiger partial charge in [-0.2, -0.15) is 8.62 Å². The number of phosphoric acid groups is 3. The number of aliphatic hydroxyl groups is 2. The average Bonchev–Trinajstić information content (AvgIpc) is 3.60. The summed E-state index contributed by atoms with van der Waals surface area (Å²) in [5.41, 5.74) is 5.56. The molecule has 0 radical (unpaired) electrons. The van der Waals surface area contributed by atoms with Gasteiger partial charge in [0.15, 0.2) is 6.23 Å². The Bertz CT molecular complexity index is 3400. The van der Waals surface area contributed by atoms with Crippen molar-refractivity contribution in [2.24, 2.45) is 0 Å². The number of anilines is 1. The number of hydrogen-bond donors (Lipinski definition) is 9. The van der Waals surface area contributed by atoms with Gasteiger partial charge in [0.2, 0.25) is 5.36 Å². The van der Waals surface area contributed by atoms with Crippen molar-refractivity contribution < 1.29 is 80.8 Å². The number of carbonyl (C=O) groups is 2. The van der Waals surface area contributed by atoms with Gasteiger partial charge in [-0.25, -0.2) is 27.9 Å². The van der Waals surface area contributed by atoms with Gasteiger partial charge in [-0.05, 0) is 80.0 Å². The van der Waals surface area contributed by atoms with Crippen LogP contribution in [0.4, 0.5) is 5.69 Å². The summed E-state index contributed by atoms with van der Waals surface area (Å²) in [6, 6.07) is 8.73. The summed E-state index contributed by atoms with van der Waals surface area (Å²) >= 11 is 0. The number of nitrogens with one attached hydrogen (secondary N) is 2. The van der Waals surface area contributed by atoms with E-state index in [-0.39, 0.29) is 23.2 Å². The van der Waals surface area contributed by atoms with Crippen molar-refractivity contribution >= 4 is 52.7 Å². The summed E-state index contributed by atoms with van der Waals surface area (Å²) in [5.74, 6) is -0.301. The van der Waals surface area contributed by atoms with Crippen molar-refractivity contribution in [3.63, 3.8) is 0 Å². The molecule has 0 bridgehead atoms. The monoisotopic (exact) mass is 1060 g/mol. The fourth-order valence-electron chi connectivity index (χ4n) is 10.7. The number of aryl methyl sites for hydroxylation is 2. The fourth-order valence-corrected chi connectivity index (χ4v) is 13.7. The Labute approximate surface area is 407 Å². The SMILES string of the molecule is O=C(NC/C=C/c1cn([C@@H]2O[C@H](COP(=O)(O)OP(=O)(O)OP(=O)(O)O)[C@@H](O)[C@H]2O)c(=O)[nH]c1=O)c1ccc(C(=O)O)c(C2=c3cc4c5c(c3Oc3c2cc2c6c3CCCN6CCC2)CCC[N+]=5CCC4)c1. The molecule has 0 saturated carbocycles. The van der Waals surface area contributed by atoms with E-state index in [0.29, 0.717) is 15.7 Å². The lowest BCUT2D eigenvalue weighted by atomic mass is 9.81. The number of carboxylic acid groups (broad SMARTS) is 1. The Morgan fingerprint density at radius 3 is 2.33 bits per heavy atom. The number of H-pyrrole nitrogens is 1. The zero-order valence-electron chi connectivity index (χ0n) is 38.0. The average molecular weight is 1060 g/mol. The van der Waals surface area contributed by atoms with E-state index in [4.69, 9.17) is 19.3 Å². The number of aromatic nitrogens is 2. The lowest BCUT2D eigenvalue weighted by Crippen LogP contribution is -2.45. The molecule has 27 heteroatoms.